The summed E-state index contributed by atoms with van der Waals surface area (Å²) in [6, 6.07) is 8.93. The molecule has 2 aliphatic rings. The highest BCUT2D eigenvalue weighted by molar-refractivity contribution is 5.43. The summed E-state index contributed by atoms with van der Waals surface area (Å²) < 4.78 is 38.0. The number of halogens is 2. The van der Waals surface area contributed by atoms with Crippen molar-refractivity contribution in [2.75, 3.05) is 26.7 Å². The van der Waals surface area contributed by atoms with E-state index in [0.29, 0.717) is 56.0 Å². The SMILES string of the molecule is COc1ccc2c(c1)[C@H](O)CC1(CCN(C[C@@H](O)c3ccc(F)c(F)c3)CC1)O2. The molecular formula is C22H25F2NO4. The molecule has 29 heavy (non-hydrogen) atoms. The Morgan fingerprint density at radius 2 is 1.93 bits per heavy atom. The normalized spacial score (nSPS) is 22.0. The van der Waals surface area contributed by atoms with Gasteiger partial charge in [-0.2, -0.15) is 0 Å². The van der Waals surface area contributed by atoms with Gasteiger partial charge in [-0.15, -0.1) is 0 Å². The van der Waals surface area contributed by atoms with Crippen molar-refractivity contribution in [2.45, 2.75) is 37.1 Å². The molecule has 4 rings (SSSR count). The van der Waals surface area contributed by atoms with Crippen LogP contribution in [0.15, 0.2) is 36.4 Å². The molecule has 0 aliphatic carbocycles. The van der Waals surface area contributed by atoms with Gasteiger partial charge in [-0.3, -0.25) is 0 Å². The monoisotopic (exact) mass is 405 g/mol. The molecule has 0 bridgehead atoms. The van der Waals surface area contributed by atoms with Gasteiger partial charge in [-0.1, -0.05) is 6.07 Å². The number of aliphatic hydroxyl groups excluding tert-OH is 2. The number of hydrogen-bond donors (Lipinski definition) is 2. The Kier molecular flexibility index (Phi) is 5.46. The number of aliphatic hydroxyl groups is 2. The molecule has 0 aromatic heterocycles. The topological polar surface area (TPSA) is 62.2 Å². The van der Waals surface area contributed by atoms with Gasteiger partial charge in [0.1, 0.15) is 17.1 Å². The summed E-state index contributed by atoms with van der Waals surface area (Å²) in [5.41, 5.74) is 0.660. The predicted molar refractivity (Wildman–Crippen MR) is 103 cm³/mol. The average Bonchev–Trinajstić information content (AvgIpc) is 2.71. The third kappa shape index (κ3) is 4.08. The molecule has 2 aromatic carbocycles. The van der Waals surface area contributed by atoms with Gasteiger partial charge in [0.2, 0.25) is 0 Å². The van der Waals surface area contributed by atoms with Crippen molar-refractivity contribution in [3.63, 3.8) is 0 Å². The molecule has 2 atom stereocenters. The predicted octanol–water partition coefficient (Wildman–Crippen LogP) is 3.36. The van der Waals surface area contributed by atoms with Crippen molar-refractivity contribution in [3.8, 4) is 11.5 Å². The zero-order chi connectivity index (χ0) is 20.6. The van der Waals surface area contributed by atoms with Gasteiger partial charge in [-0.05, 0) is 48.7 Å². The van der Waals surface area contributed by atoms with Crippen LogP contribution in [0.5, 0.6) is 11.5 Å². The highest BCUT2D eigenvalue weighted by Crippen LogP contribution is 2.45. The van der Waals surface area contributed by atoms with Crippen LogP contribution in [-0.4, -0.2) is 47.5 Å². The van der Waals surface area contributed by atoms with Crippen molar-refractivity contribution < 1.29 is 28.5 Å². The zero-order valence-electron chi connectivity index (χ0n) is 16.3. The van der Waals surface area contributed by atoms with Gasteiger partial charge in [0, 0.05) is 31.6 Å². The van der Waals surface area contributed by atoms with Crippen molar-refractivity contribution in [3.05, 3.63) is 59.2 Å². The fourth-order valence-electron chi connectivity index (χ4n) is 4.26. The first-order valence-electron chi connectivity index (χ1n) is 9.79. The van der Waals surface area contributed by atoms with Crippen LogP contribution in [0.4, 0.5) is 8.78 Å². The summed E-state index contributed by atoms with van der Waals surface area (Å²) in [4.78, 5) is 2.08. The molecule has 0 saturated carbocycles. The number of fused-ring (bicyclic) bond motifs is 1. The van der Waals surface area contributed by atoms with E-state index >= 15 is 0 Å². The van der Waals surface area contributed by atoms with Gasteiger partial charge in [0.25, 0.3) is 0 Å². The number of piperidine rings is 1. The van der Waals surface area contributed by atoms with Crippen LogP contribution in [0.25, 0.3) is 0 Å². The van der Waals surface area contributed by atoms with Crippen molar-refractivity contribution in [2.24, 2.45) is 0 Å². The Balaban J connectivity index is 1.39. The zero-order valence-corrected chi connectivity index (χ0v) is 16.3. The Bertz CT molecular complexity index is 883. The number of β-amino-alcohol motifs (C(OH)–C–C–N with tert-alkyl or cyclic N) is 1. The number of benzene rings is 2. The average molecular weight is 405 g/mol. The van der Waals surface area contributed by atoms with Gasteiger partial charge in [0.15, 0.2) is 11.6 Å². The van der Waals surface area contributed by atoms with E-state index in [-0.39, 0.29) is 0 Å². The third-order valence-corrected chi connectivity index (χ3v) is 5.99. The molecule has 2 aromatic rings. The van der Waals surface area contributed by atoms with E-state index in [1.807, 2.05) is 12.1 Å². The van der Waals surface area contributed by atoms with Crippen LogP contribution in [-0.2, 0) is 0 Å². The number of ether oxygens (including phenoxy) is 2. The van der Waals surface area contributed by atoms with E-state index < -0.39 is 29.4 Å². The second-order valence-electron chi connectivity index (χ2n) is 7.90. The van der Waals surface area contributed by atoms with Gasteiger partial charge in [-0.25, -0.2) is 8.78 Å². The molecule has 0 amide bonds. The number of methoxy groups -OCH3 is 1. The molecule has 0 unspecified atom stereocenters. The molecule has 5 nitrogen and oxygen atoms in total. The Hall–Kier alpha value is -2.22. The molecule has 2 heterocycles. The minimum atomic E-state index is -0.959. The van der Waals surface area contributed by atoms with Crippen molar-refractivity contribution >= 4 is 0 Å². The van der Waals surface area contributed by atoms with E-state index in [1.165, 1.54) is 6.07 Å². The lowest BCUT2D eigenvalue weighted by molar-refractivity contribution is -0.0588. The van der Waals surface area contributed by atoms with Crippen molar-refractivity contribution in [1.82, 2.24) is 4.90 Å². The first-order valence-corrected chi connectivity index (χ1v) is 9.79. The Morgan fingerprint density at radius 3 is 2.62 bits per heavy atom. The third-order valence-electron chi connectivity index (χ3n) is 5.99. The lowest BCUT2D eigenvalue weighted by Crippen LogP contribution is -2.51. The molecule has 1 saturated heterocycles. The molecule has 156 valence electrons. The maximum Gasteiger partial charge on any atom is 0.159 e. The highest BCUT2D eigenvalue weighted by atomic mass is 19.2. The van der Waals surface area contributed by atoms with Gasteiger partial charge < -0.3 is 24.6 Å². The summed E-state index contributed by atoms with van der Waals surface area (Å²) in [6.07, 6.45) is 0.408. The number of hydrogen-bond acceptors (Lipinski definition) is 5. The first-order chi connectivity index (χ1) is 13.9. The van der Waals surface area contributed by atoms with Crippen LogP contribution in [0.1, 0.15) is 42.6 Å². The molecule has 2 N–H and O–H groups in total. The van der Waals surface area contributed by atoms with E-state index in [4.69, 9.17) is 9.47 Å². The minimum absolute atomic E-state index is 0.331. The van der Waals surface area contributed by atoms with Gasteiger partial charge in [0.05, 0.1) is 19.3 Å². The first kappa shape index (κ1) is 20.1. The largest absolute Gasteiger partial charge is 0.497 e. The van der Waals surface area contributed by atoms with Crippen LogP contribution in [0, 0.1) is 11.6 Å². The molecular weight excluding hydrogens is 380 g/mol. The number of rotatable bonds is 4. The molecule has 0 radical (unpaired) electrons. The summed E-state index contributed by atoms with van der Waals surface area (Å²) in [7, 11) is 1.59. The van der Waals surface area contributed by atoms with Crippen LogP contribution >= 0.6 is 0 Å². The summed E-state index contributed by atoms with van der Waals surface area (Å²) in [6.45, 7) is 1.69. The maximum absolute atomic E-state index is 13.4. The van der Waals surface area contributed by atoms with Crippen LogP contribution in [0.3, 0.4) is 0 Å². The lowest BCUT2D eigenvalue weighted by Gasteiger charge is -2.46. The van der Waals surface area contributed by atoms with Crippen LogP contribution < -0.4 is 9.47 Å². The summed E-state index contributed by atoms with van der Waals surface area (Å²) in [5.74, 6) is -0.519. The second-order valence-corrected chi connectivity index (χ2v) is 7.90. The fourth-order valence-corrected chi connectivity index (χ4v) is 4.26. The van der Waals surface area contributed by atoms with Crippen molar-refractivity contribution in [1.29, 1.82) is 0 Å². The number of nitrogens with zero attached hydrogens (tertiary/aromatic N) is 1. The van der Waals surface area contributed by atoms with Gasteiger partial charge >= 0.3 is 0 Å². The minimum Gasteiger partial charge on any atom is -0.497 e. The van der Waals surface area contributed by atoms with E-state index in [9.17, 15) is 19.0 Å². The maximum atomic E-state index is 13.4. The molecule has 1 spiro atoms. The Morgan fingerprint density at radius 1 is 1.17 bits per heavy atom. The smallest absolute Gasteiger partial charge is 0.159 e. The lowest BCUT2D eigenvalue weighted by atomic mass is 9.81. The summed E-state index contributed by atoms with van der Waals surface area (Å²) in [5, 5.41) is 21.0. The number of likely N-dealkylation sites (tertiary alicyclic amines) is 1. The molecule has 1 fully saturated rings. The fraction of sp³-hybridized carbons (Fsp3) is 0.455. The highest BCUT2D eigenvalue weighted by Gasteiger charge is 2.43. The Labute approximate surface area is 168 Å². The van der Waals surface area contributed by atoms with E-state index in [2.05, 4.69) is 4.90 Å². The standard InChI is InChI=1S/C22H25F2NO4/c1-28-15-3-5-21-16(11-15)19(26)12-22(29-21)6-8-25(9-7-22)13-20(27)14-2-4-17(23)18(24)10-14/h2-5,10-11,19-20,26-27H,6-9,12-13H2,1H3/t19-,20-/m1/s1. The summed E-state index contributed by atoms with van der Waals surface area (Å²) >= 11 is 0. The van der Waals surface area contributed by atoms with Crippen LogP contribution in [0.2, 0.25) is 0 Å². The quantitative estimate of drug-likeness (QED) is 0.817. The molecule has 7 heteroatoms. The second kappa shape index (κ2) is 7.89. The van der Waals surface area contributed by atoms with E-state index in [1.54, 1.807) is 13.2 Å². The van der Waals surface area contributed by atoms with E-state index in [0.717, 1.165) is 17.7 Å². The molecule has 2 aliphatic heterocycles.